The van der Waals surface area contributed by atoms with Gasteiger partial charge >= 0.3 is 5.97 Å². The van der Waals surface area contributed by atoms with Crippen molar-refractivity contribution in [2.75, 3.05) is 7.11 Å². The maximum Gasteiger partial charge on any atom is 0.358 e. The number of carbonyl (C=O) groups excluding carboxylic acids is 1. The number of imidazole rings is 1. The molecule has 0 radical (unpaired) electrons. The normalized spacial score (nSPS) is 9.71. The first-order valence-electron chi connectivity index (χ1n) is 5.53. The smallest absolute Gasteiger partial charge is 0.358 e. The van der Waals surface area contributed by atoms with Crippen molar-refractivity contribution in [1.29, 1.82) is 0 Å². The van der Waals surface area contributed by atoms with Crippen LogP contribution in [0.3, 0.4) is 0 Å². The van der Waals surface area contributed by atoms with Gasteiger partial charge < -0.3 is 9.14 Å². The third-order valence-electron chi connectivity index (χ3n) is 2.26. The first-order valence-corrected chi connectivity index (χ1v) is 5.53. The summed E-state index contributed by atoms with van der Waals surface area (Å²) in [5.74, 6) is -0.422. The van der Waals surface area contributed by atoms with Crippen LogP contribution in [0.4, 0.5) is 0 Å². The SMILES string of the molecule is CC.COC(=O)c1nc2cnc(C)cn2c1C. The Morgan fingerprint density at radius 3 is 2.59 bits per heavy atom. The predicted molar refractivity (Wildman–Crippen MR) is 65.1 cm³/mol. The van der Waals surface area contributed by atoms with Gasteiger partial charge in [0, 0.05) is 6.20 Å². The molecule has 0 saturated carbocycles. The summed E-state index contributed by atoms with van der Waals surface area (Å²) >= 11 is 0. The van der Waals surface area contributed by atoms with E-state index >= 15 is 0 Å². The van der Waals surface area contributed by atoms with E-state index in [1.165, 1.54) is 7.11 Å². The zero-order chi connectivity index (χ0) is 13.0. The molecule has 5 heteroatoms. The molecule has 0 fully saturated rings. The Kier molecular flexibility index (Phi) is 4.20. The van der Waals surface area contributed by atoms with E-state index in [9.17, 15) is 4.79 Å². The Hall–Kier alpha value is -1.91. The molecule has 2 aromatic heterocycles. The van der Waals surface area contributed by atoms with Crippen molar-refractivity contribution in [2.24, 2.45) is 0 Å². The van der Waals surface area contributed by atoms with Gasteiger partial charge in [-0.15, -0.1) is 0 Å². The Morgan fingerprint density at radius 1 is 1.35 bits per heavy atom. The number of nitrogens with zero attached hydrogens (tertiary/aromatic N) is 3. The molecular formula is C12H17N3O2. The van der Waals surface area contributed by atoms with Crippen LogP contribution in [0.2, 0.25) is 0 Å². The number of methoxy groups -OCH3 is 1. The van der Waals surface area contributed by atoms with Gasteiger partial charge in [0.25, 0.3) is 0 Å². The second-order valence-electron chi connectivity index (χ2n) is 3.29. The summed E-state index contributed by atoms with van der Waals surface area (Å²) in [5.41, 5.74) is 2.63. The summed E-state index contributed by atoms with van der Waals surface area (Å²) in [6.45, 7) is 7.71. The van der Waals surface area contributed by atoms with Crippen LogP contribution in [0.1, 0.15) is 35.7 Å². The van der Waals surface area contributed by atoms with Crippen molar-refractivity contribution < 1.29 is 9.53 Å². The highest BCUT2D eigenvalue weighted by Gasteiger charge is 2.16. The van der Waals surface area contributed by atoms with Gasteiger partial charge in [0.1, 0.15) is 0 Å². The molecule has 0 spiro atoms. The van der Waals surface area contributed by atoms with Gasteiger partial charge in [-0.25, -0.2) is 9.78 Å². The van der Waals surface area contributed by atoms with Crippen LogP contribution in [0.15, 0.2) is 12.4 Å². The lowest BCUT2D eigenvalue weighted by Crippen LogP contribution is -2.03. The molecule has 17 heavy (non-hydrogen) atoms. The van der Waals surface area contributed by atoms with Crippen molar-refractivity contribution in [2.45, 2.75) is 27.7 Å². The van der Waals surface area contributed by atoms with E-state index in [4.69, 9.17) is 0 Å². The molecule has 0 amide bonds. The molecule has 0 aliphatic rings. The molecule has 92 valence electrons. The number of aryl methyl sites for hydroxylation is 2. The zero-order valence-electron chi connectivity index (χ0n) is 10.8. The van der Waals surface area contributed by atoms with E-state index in [2.05, 4.69) is 14.7 Å². The zero-order valence-corrected chi connectivity index (χ0v) is 10.8. The molecule has 2 aromatic rings. The van der Waals surface area contributed by atoms with Crippen LogP contribution in [0, 0.1) is 13.8 Å². The second-order valence-corrected chi connectivity index (χ2v) is 3.29. The highest BCUT2D eigenvalue weighted by Crippen LogP contribution is 2.12. The second kappa shape index (κ2) is 5.43. The first kappa shape index (κ1) is 13.2. The van der Waals surface area contributed by atoms with E-state index in [1.54, 1.807) is 6.20 Å². The molecule has 0 aliphatic carbocycles. The highest BCUT2D eigenvalue weighted by atomic mass is 16.5. The monoisotopic (exact) mass is 235 g/mol. The van der Waals surface area contributed by atoms with Crippen molar-refractivity contribution in [3.05, 3.63) is 29.5 Å². The largest absolute Gasteiger partial charge is 0.464 e. The van der Waals surface area contributed by atoms with E-state index in [0.29, 0.717) is 11.3 Å². The molecule has 0 saturated heterocycles. The summed E-state index contributed by atoms with van der Waals surface area (Å²) in [6, 6.07) is 0. The fraction of sp³-hybridized carbons (Fsp3) is 0.417. The molecule has 5 nitrogen and oxygen atoms in total. The van der Waals surface area contributed by atoms with E-state index in [1.807, 2.05) is 38.3 Å². The maximum atomic E-state index is 11.4. The molecule has 2 rings (SSSR count). The standard InChI is InChI=1S/C10H11N3O2.C2H6/c1-6-5-13-7(2)9(10(14)15-3)12-8(13)4-11-6;1-2/h4-5H,1-3H3;1-2H3. The number of hydrogen-bond acceptors (Lipinski definition) is 4. The van der Waals surface area contributed by atoms with Crippen molar-refractivity contribution in [3.63, 3.8) is 0 Å². The van der Waals surface area contributed by atoms with Gasteiger partial charge in [-0.05, 0) is 13.8 Å². The van der Waals surface area contributed by atoms with Crippen LogP contribution in [-0.4, -0.2) is 27.4 Å². The highest BCUT2D eigenvalue weighted by molar-refractivity contribution is 5.89. The number of carbonyl (C=O) groups is 1. The molecule has 2 heterocycles. The van der Waals surface area contributed by atoms with Gasteiger partial charge in [-0.3, -0.25) is 4.98 Å². The summed E-state index contributed by atoms with van der Waals surface area (Å²) in [7, 11) is 1.34. The average molecular weight is 235 g/mol. The lowest BCUT2D eigenvalue weighted by Gasteiger charge is -1.97. The van der Waals surface area contributed by atoms with Gasteiger partial charge in [-0.1, -0.05) is 13.8 Å². The summed E-state index contributed by atoms with van der Waals surface area (Å²) in [6.07, 6.45) is 3.47. The number of fused-ring (bicyclic) bond motifs is 1. The van der Waals surface area contributed by atoms with E-state index < -0.39 is 5.97 Å². The van der Waals surface area contributed by atoms with Crippen LogP contribution in [-0.2, 0) is 4.74 Å². The third-order valence-corrected chi connectivity index (χ3v) is 2.26. The summed E-state index contributed by atoms with van der Waals surface area (Å²) in [4.78, 5) is 19.6. The Bertz CT molecular complexity index is 532. The molecule has 0 aliphatic heterocycles. The molecule has 0 unspecified atom stereocenters. The molecule has 0 atom stereocenters. The Labute approximate surface area is 100 Å². The van der Waals surface area contributed by atoms with Gasteiger partial charge in [0.05, 0.1) is 24.7 Å². The van der Waals surface area contributed by atoms with Gasteiger partial charge in [0.2, 0.25) is 0 Å². The molecular weight excluding hydrogens is 218 g/mol. The Balaban J connectivity index is 0.000000686. The van der Waals surface area contributed by atoms with Gasteiger partial charge in [-0.2, -0.15) is 0 Å². The van der Waals surface area contributed by atoms with E-state index in [0.717, 1.165) is 11.4 Å². The summed E-state index contributed by atoms with van der Waals surface area (Å²) in [5, 5.41) is 0. The quantitative estimate of drug-likeness (QED) is 0.711. The fourth-order valence-electron chi connectivity index (χ4n) is 1.46. The topological polar surface area (TPSA) is 56.5 Å². The van der Waals surface area contributed by atoms with Crippen LogP contribution in [0.5, 0.6) is 0 Å². The minimum Gasteiger partial charge on any atom is -0.464 e. The number of esters is 1. The minimum atomic E-state index is -0.422. The van der Waals surface area contributed by atoms with E-state index in [-0.39, 0.29) is 0 Å². The maximum absolute atomic E-state index is 11.4. The predicted octanol–water partition coefficient (Wildman–Crippen LogP) is 2.16. The van der Waals surface area contributed by atoms with Crippen molar-refractivity contribution in [1.82, 2.24) is 14.4 Å². The average Bonchev–Trinajstić information content (AvgIpc) is 2.68. The first-order chi connectivity index (χ1) is 8.13. The minimum absolute atomic E-state index is 0.338. The van der Waals surface area contributed by atoms with Crippen LogP contribution in [0.25, 0.3) is 5.65 Å². The number of aromatic nitrogens is 3. The fourth-order valence-corrected chi connectivity index (χ4v) is 1.46. The van der Waals surface area contributed by atoms with Crippen molar-refractivity contribution >= 4 is 11.6 Å². The number of hydrogen-bond donors (Lipinski definition) is 0. The molecule has 0 aromatic carbocycles. The lowest BCUT2D eigenvalue weighted by atomic mass is 10.3. The van der Waals surface area contributed by atoms with Crippen molar-refractivity contribution in [3.8, 4) is 0 Å². The molecule has 0 bridgehead atoms. The van der Waals surface area contributed by atoms with Crippen LogP contribution < -0.4 is 0 Å². The Morgan fingerprint density at radius 2 is 2.00 bits per heavy atom. The summed E-state index contributed by atoms with van der Waals surface area (Å²) < 4.78 is 6.47. The lowest BCUT2D eigenvalue weighted by molar-refractivity contribution is 0.0594. The molecule has 0 N–H and O–H groups in total. The number of ether oxygens (including phenoxy) is 1. The van der Waals surface area contributed by atoms with Crippen LogP contribution >= 0.6 is 0 Å². The third kappa shape index (κ3) is 2.43. The van der Waals surface area contributed by atoms with Gasteiger partial charge in [0.15, 0.2) is 11.3 Å². The number of rotatable bonds is 1.